The predicted octanol–water partition coefficient (Wildman–Crippen LogP) is 2.42. The second-order valence-electron chi connectivity index (χ2n) is 11.1. The van der Waals surface area contributed by atoms with Crippen LogP contribution in [0.25, 0.3) is 0 Å². The quantitative estimate of drug-likeness (QED) is 0.150. The van der Waals surface area contributed by atoms with Crippen LogP contribution in [-0.2, 0) is 28.5 Å². The van der Waals surface area contributed by atoms with Gasteiger partial charge in [-0.3, -0.25) is 26.9 Å². The Kier molecular flexibility index (Phi) is 26.9. The molecule has 3 saturated heterocycles. The predicted molar refractivity (Wildman–Crippen MR) is 161 cm³/mol. The van der Waals surface area contributed by atoms with Crippen LogP contribution in [0.5, 0.6) is 0 Å². The van der Waals surface area contributed by atoms with Gasteiger partial charge in [0, 0.05) is 38.3 Å². The van der Waals surface area contributed by atoms with E-state index >= 15 is 0 Å². The van der Waals surface area contributed by atoms with Gasteiger partial charge in [-0.05, 0) is 73.6 Å². The van der Waals surface area contributed by atoms with Crippen molar-refractivity contribution >= 4 is 42.8 Å². The lowest BCUT2D eigenvalue weighted by Gasteiger charge is -2.25. The van der Waals surface area contributed by atoms with Crippen molar-refractivity contribution in [3.05, 3.63) is 0 Å². The van der Waals surface area contributed by atoms with E-state index in [0.29, 0.717) is 19.3 Å². The molecule has 3 fully saturated rings. The first-order valence-corrected chi connectivity index (χ1v) is 13.4. The van der Waals surface area contributed by atoms with Gasteiger partial charge in [0.15, 0.2) is 5.78 Å². The summed E-state index contributed by atoms with van der Waals surface area (Å²) >= 11 is 0. The summed E-state index contributed by atoms with van der Waals surface area (Å²) < 4.78 is 25.0. The summed E-state index contributed by atoms with van der Waals surface area (Å²) in [7, 11) is 0. The number of rotatable bonds is 3. The molecule has 0 aromatic carbocycles. The summed E-state index contributed by atoms with van der Waals surface area (Å²) in [6.45, 7) is 15.0. The largest absolute Gasteiger partial charge is 0.443 e. The van der Waals surface area contributed by atoms with Crippen LogP contribution < -0.4 is 33.4 Å². The standard InChI is InChI=1S/C10H20N2O3.C5H12N2O2.C5H12N2O.C5H8O2.2ClH/c1-10(2,3)15-9(13)12-11-8-5-4-6-14-7-8;1-5(2,3)9-4(8)7-6;6-7-5-2-1-3-8-4-5;6-5-2-1-3-7-4-5;;/h8,11H,4-7H2,1-3H3,(H,12,13);6H2,1-3H3,(H,7,8);5,7H,1-4,6H2;1-4H2;2*1H. The molecule has 3 aliphatic heterocycles. The highest BCUT2D eigenvalue weighted by molar-refractivity contribution is 5.85. The monoisotopic (exact) mass is 636 g/mol. The van der Waals surface area contributed by atoms with Gasteiger partial charge in [-0.15, -0.1) is 24.8 Å². The molecule has 0 aromatic heterocycles. The third-order valence-electron chi connectivity index (χ3n) is 4.86. The number of Topliss-reactive ketones (excluding diaryl/α,β-unsaturated/α-hetero) is 1. The Bertz CT molecular complexity index is 676. The van der Waals surface area contributed by atoms with E-state index in [1.165, 1.54) is 0 Å². The van der Waals surface area contributed by atoms with E-state index < -0.39 is 23.4 Å². The smallest absolute Gasteiger partial charge is 0.422 e. The molecule has 41 heavy (non-hydrogen) atoms. The van der Waals surface area contributed by atoms with Gasteiger partial charge in [-0.1, -0.05) is 0 Å². The van der Waals surface area contributed by atoms with Crippen LogP contribution in [0.1, 0.15) is 80.1 Å². The third-order valence-corrected chi connectivity index (χ3v) is 4.86. The Morgan fingerprint density at radius 2 is 1.27 bits per heavy atom. The fourth-order valence-electron chi connectivity index (χ4n) is 3.13. The van der Waals surface area contributed by atoms with E-state index in [9.17, 15) is 14.4 Å². The molecular formula is C25H54Cl2N6O8. The van der Waals surface area contributed by atoms with Crippen molar-refractivity contribution in [1.29, 1.82) is 0 Å². The minimum Gasteiger partial charge on any atom is -0.443 e. The highest BCUT2D eigenvalue weighted by Crippen LogP contribution is 2.08. The lowest BCUT2D eigenvalue weighted by atomic mass is 10.1. The molecule has 0 aromatic rings. The molecule has 14 nitrogen and oxygen atoms in total. The number of carbonyl (C=O) groups is 3. The number of carbonyl (C=O) groups excluding carboxylic acids is 3. The average molecular weight is 638 g/mol. The Labute approximate surface area is 257 Å². The molecule has 3 aliphatic rings. The number of nitrogens with two attached hydrogens (primary N) is 2. The molecule has 0 spiro atoms. The molecule has 0 saturated carbocycles. The number of hydrazine groups is 3. The van der Waals surface area contributed by atoms with E-state index in [2.05, 4.69) is 16.3 Å². The van der Waals surface area contributed by atoms with Gasteiger partial charge in [-0.2, -0.15) is 0 Å². The normalized spacial score (nSPS) is 20.2. The fraction of sp³-hybridized carbons (Fsp3) is 0.880. The minimum atomic E-state index is -0.609. The molecule has 0 radical (unpaired) electrons. The summed E-state index contributed by atoms with van der Waals surface area (Å²) in [5, 5.41) is 0. The van der Waals surface area contributed by atoms with Crippen molar-refractivity contribution in [1.82, 2.24) is 21.7 Å². The van der Waals surface area contributed by atoms with Gasteiger partial charge < -0.3 is 23.7 Å². The van der Waals surface area contributed by atoms with Gasteiger partial charge in [0.2, 0.25) is 0 Å². The van der Waals surface area contributed by atoms with Gasteiger partial charge in [-0.25, -0.2) is 20.9 Å². The van der Waals surface area contributed by atoms with E-state index in [1.807, 2.05) is 26.2 Å². The summed E-state index contributed by atoms with van der Waals surface area (Å²) in [4.78, 5) is 32.0. The first kappa shape index (κ1) is 44.0. The number of halogens is 2. The second-order valence-corrected chi connectivity index (χ2v) is 11.1. The zero-order valence-corrected chi connectivity index (χ0v) is 27.0. The van der Waals surface area contributed by atoms with Crippen LogP contribution >= 0.6 is 24.8 Å². The maximum atomic E-state index is 11.3. The Morgan fingerprint density at radius 1 is 0.780 bits per heavy atom. The highest BCUT2D eigenvalue weighted by atomic mass is 35.5. The van der Waals surface area contributed by atoms with Crippen molar-refractivity contribution in [2.24, 2.45) is 11.7 Å². The van der Waals surface area contributed by atoms with E-state index in [-0.39, 0.29) is 36.6 Å². The van der Waals surface area contributed by atoms with E-state index in [1.54, 1.807) is 20.8 Å². The minimum absolute atomic E-state index is 0. The zero-order chi connectivity index (χ0) is 29.7. The maximum Gasteiger partial charge on any atom is 0.422 e. The number of ether oxygens (including phenoxy) is 5. The Hall–Kier alpha value is -1.49. The summed E-state index contributed by atoms with van der Waals surface area (Å²) in [6, 6.07) is 0.579. The molecule has 0 aliphatic carbocycles. The molecule has 2 amide bonds. The van der Waals surface area contributed by atoms with Gasteiger partial charge in [0.05, 0.1) is 13.2 Å². The fourth-order valence-corrected chi connectivity index (χ4v) is 3.13. The molecule has 246 valence electrons. The SMILES string of the molecule is CC(C)(C)OC(=O)NN.CC(C)(C)OC(=O)NNC1CCCOC1.Cl.Cl.NNC1CCCOC1.O=C1CCCOC1. The summed E-state index contributed by atoms with van der Waals surface area (Å²) in [5.41, 5.74) is 9.02. The van der Waals surface area contributed by atoms with Gasteiger partial charge in [0.25, 0.3) is 0 Å². The van der Waals surface area contributed by atoms with Crippen LogP contribution in [-0.4, -0.2) is 80.9 Å². The lowest BCUT2D eigenvalue weighted by Crippen LogP contribution is -2.49. The van der Waals surface area contributed by atoms with Crippen molar-refractivity contribution < 1.29 is 38.1 Å². The molecule has 3 rings (SSSR count). The lowest BCUT2D eigenvalue weighted by molar-refractivity contribution is -0.126. The highest BCUT2D eigenvalue weighted by Gasteiger charge is 2.18. The Morgan fingerprint density at radius 3 is 1.56 bits per heavy atom. The van der Waals surface area contributed by atoms with Crippen molar-refractivity contribution in [3.8, 4) is 0 Å². The maximum absolute atomic E-state index is 11.3. The molecule has 3 heterocycles. The summed E-state index contributed by atoms with van der Waals surface area (Å²) in [6.07, 6.45) is 4.89. The van der Waals surface area contributed by atoms with Gasteiger partial charge in [0.1, 0.15) is 17.8 Å². The average Bonchev–Trinajstić information content (AvgIpc) is 2.88. The topological polar surface area (TPSA) is 198 Å². The molecule has 0 bridgehead atoms. The molecule has 8 N–H and O–H groups in total. The number of amides is 2. The van der Waals surface area contributed by atoms with Gasteiger partial charge >= 0.3 is 12.2 Å². The number of hydrogen-bond acceptors (Lipinski definition) is 12. The van der Waals surface area contributed by atoms with Crippen LogP contribution in [0.15, 0.2) is 0 Å². The second kappa shape index (κ2) is 25.0. The van der Waals surface area contributed by atoms with Crippen LogP contribution in [0.2, 0.25) is 0 Å². The van der Waals surface area contributed by atoms with Crippen LogP contribution in [0.4, 0.5) is 9.59 Å². The first-order chi connectivity index (χ1) is 18.3. The first-order valence-electron chi connectivity index (χ1n) is 13.4. The van der Waals surface area contributed by atoms with Crippen molar-refractivity contribution in [3.63, 3.8) is 0 Å². The zero-order valence-electron chi connectivity index (χ0n) is 25.4. The molecule has 16 heteroatoms. The number of nitrogens with one attached hydrogen (secondary N) is 4. The van der Waals surface area contributed by atoms with E-state index in [4.69, 9.17) is 35.4 Å². The molecule has 2 unspecified atom stereocenters. The third kappa shape index (κ3) is 29.8. The van der Waals surface area contributed by atoms with Crippen LogP contribution in [0.3, 0.4) is 0 Å². The molecule has 2 atom stereocenters. The number of hydrogen-bond donors (Lipinski definition) is 6. The van der Waals surface area contributed by atoms with Crippen LogP contribution in [0, 0.1) is 0 Å². The summed E-state index contributed by atoms with van der Waals surface area (Å²) in [5.74, 6) is 10.2. The van der Waals surface area contributed by atoms with Crippen molar-refractivity contribution in [2.45, 2.75) is 103 Å². The Balaban J connectivity index is -0.000000485. The van der Waals surface area contributed by atoms with E-state index in [0.717, 1.165) is 65.0 Å². The van der Waals surface area contributed by atoms with Crippen molar-refractivity contribution in [2.75, 3.05) is 39.6 Å². The number of ketones is 1. The molecular weight excluding hydrogens is 583 g/mol.